The molecule has 1 saturated heterocycles. The van der Waals surface area contributed by atoms with E-state index in [1.807, 2.05) is 0 Å². The van der Waals surface area contributed by atoms with E-state index < -0.39 is 8.07 Å². The smallest absolute Gasteiger partial charge is 0.0786 e. The molecule has 0 saturated carbocycles. The normalized spacial score (nSPS) is 25.4. The number of epoxide rings is 1. The van der Waals surface area contributed by atoms with Crippen LogP contribution in [0.15, 0.2) is 0 Å². The molecule has 0 aromatic rings. The lowest BCUT2D eigenvalue weighted by Crippen LogP contribution is -2.38. The van der Waals surface area contributed by atoms with Gasteiger partial charge in [-0.05, 0) is 11.1 Å². The zero-order chi connectivity index (χ0) is 8.70. The van der Waals surface area contributed by atoms with Crippen LogP contribution in [0.25, 0.3) is 0 Å². The quantitative estimate of drug-likeness (QED) is 0.461. The zero-order valence-electron chi connectivity index (χ0n) is 8.40. The van der Waals surface area contributed by atoms with Gasteiger partial charge in [0.15, 0.2) is 0 Å². The molecular formula is C9H20OSi. The van der Waals surface area contributed by atoms with Crippen LogP contribution < -0.4 is 0 Å². The Morgan fingerprint density at radius 3 is 2.09 bits per heavy atom. The molecule has 1 rings (SSSR count). The molecule has 11 heavy (non-hydrogen) atoms. The van der Waals surface area contributed by atoms with Crippen LogP contribution in [0, 0.1) is 0 Å². The van der Waals surface area contributed by atoms with Crippen molar-refractivity contribution in [1.29, 1.82) is 0 Å². The molecule has 0 aromatic carbocycles. The maximum Gasteiger partial charge on any atom is 0.0786 e. The first kappa shape index (κ1) is 9.27. The lowest BCUT2D eigenvalue weighted by atomic mass is 10.2. The third-order valence-electron chi connectivity index (χ3n) is 3.17. The van der Waals surface area contributed by atoms with Crippen molar-refractivity contribution in [3.05, 3.63) is 0 Å². The second-order valence-electron chi connectivity index (χ2n) is 5.29. The molecule has 0 spiro atoms. The van der Waals surface area contributed by atoms with Gasteiger partial charge in [0.1, 0.15) is 0 Å². The summed E-state index contributed by atoms with van der Waals surface area (Å²) < 4.78 is 5.27. The SMILES string of the molecule is CC(C)(C)[Si](C)(C)CC1CO1. The Morgan fingerprint density at radius 1 is 1.36 bits per heavy atom. The molecule has 1 aliphatic heterocycles. The van der Waals surface area contributed by atoms with E-state index in [0.29, 0.717) is 11.1 Å². The highest BCUT2D eigenvalue weighted by Gasteiger charge is 2.40. The van der Waals surface area contributed by atoms with Gasteiger partial charge in [0.25, 0.3) is 0 Å². The predicted octanol–water partition coefficient (Wildman–Crippen LogP) is 2.89. The molecule has 1 heterocycles. The van der Waals surface area contributed by atoms with Crippen molar-refractivity contribution in [2.45, 2.75) is 51.1 Å². The first-order chi connectivity index (χ1) is 4.83. The van der Waals surface area contributed by atoms with Gasteiger partial charge >= 0.3 is 0 Å². The van der Waals surface area contributed by atoms with Crippen molar-refractivity contribution in [3.8, 4) is 0 Å². The van der Waals surface area contributed by atoms with Crippen molar-refractivity contribution < 1.29 is 4.74 Å². The zero-order valence-corrected chi connectivity index (χ0v) is 9.40. The van der Waals surface area contributed by atoms with E-state index in [1.165, 1.54) is 6.04 Å². The molecule has 1 unspecified atom stereocenters. The van der Waals surface area contributed by atoms with E-state index in [-0.39, 0.29) is 0 Å². The largest absolute Gasteiger partial charge is 0.373 e. The van der Waals surface area contributed by atoms with Gasteiger partial charge in [-0.25, -0.2) is 0 Å². The molecule has 0 bridgehead atoms. The van der Waals surface area contributed by atoms with E-state index in [1.54, 1.807) is 0 Å². The molecule has 1 nitrogen and oxygen atoms in total. The van der Waals surface area contributed by atoms with E-state index in [2.05, 4.69) is 33.9 Å². The van der Waals surface area contributed by atoms with E-state index in [9.17, 15) is 0 Å². The first-order valence-corrected chi connectivity index (χ1v) is 7.65. The molecule has 66 valence electrons. The van der Waals surface area contributed by atoms with Crippen molar-refractivity contribution in [2.75, 3.05) is 6.61 Å². The molecule has 1 atom stereocenters. The Morgan fingerprint density at radius 2 is 1.82 bits per heavy atom. The van der Waals surface area contributed by atoms with Gasteiger partial charge in [0.05, 0.1) is 20.8 Å². The van der Waals surface area contributed by atoms with Crippen LogP contribution in [0.4, 0.5) is 0 Å². The number of rotatable bonds is 2. The fourth-order valence-electron chi connectivity index (χ4n) is 1.06. The van der Waals surface area contributed by atoms with Crippen LogP contribution in [0.5, 0.6) is 0 Å². The average molecular weight is 172 g/mol. The van der Waals surface area contributed by atoms with Gasteiger partial charge in [-0.2, -0.15) is 0 Å². The number of hydrogen-bond donors (Lipinski definition) is 0. The monoisotopic (exact) mass is 172 g/mol. The Hall–Kier alpha value is 0.177. The lowest BCUT2D eigenvalue weighted by molar-refractivity contribution is 0.419. The molecule has 1 fully saturated rings. The van der Waals surface area contributed by atoms with Crippen molar-refractivity contribution in [2.24, 2.45) is 0 Å². The summed E-state index contributed by atoms with van der Waals surface area (Å²) in [6, 6.07) is 1.34. The molecule has 0 aliphatic carbocycles. The van der Waals surface area contributed by atoms with Gasteiger partial charge in [0, 0.05) is 0 Å². The van der Waals surface area contributed by atoms with Crippen LogP contribution in [0.3, 0.4) is 0 Å². The highest BCUT2D eigenvalue weighted by atomic mass is 28.3. The molecule has 0 amide bonds. The topological polar surface area (TPSA) is 12.5 Å². The fraction of sp³-hybridized carbons (Fsp3) is 1.00. The maximum atomic E-state index is 5.27. The minimum absolute atomic E-state index is 0.527. The second kappa shape index (κ2) is 2.59. The van der Waals surface area contributed by atoms with Crippen molar-refractivity contribution in [3.63, 3.8) is 0 Å². The third-order valence-corrected chi connectivity index (χ3v) is 8.71. The lowest BCUT2D eigenvalue weighted by Gasteiger charge is -2.36. The summed E-state index contributed by atoms with van der Waals surface area (Å²) in [5.74, 6) is 0. The average Bonchev–Trinajstić information content (AvgIpc) is 2.45. The molecule has 0 radical (unpaired) electrons. The van der Waals surface area contributed by atoms with Crippen LogP contribution in [-0.4, -0.2) is 20.8 Å². The van der Waals surface area contributed by atoms with E-state index in [0.717, 1.165) is 6.61 Å². The Labute approximate surface area is 71.1 Å². The summed E-state index contributed by atoms with van der Waals surface area (Å²) >= 11 is 0. The first-order valence-electron chi connectivity index (χ1n) is 4.44. The fourth-order valence-corrected chi connectivity index (χ4v) is 3.05. The van der Waals surface area contributed by atoms with Gasteiger partial charge < -0.3 is 4.74 Å². The summed E-state index contributed by atoms with van der Waals surface area (Å²) in [7, 11) is -1.03. The van der Waals surface area contributed by atoms with Gasteiger partial charge in [0.2, 0.25) is 0 Å². The minimum atomic E-state index is -1.03. The highest BCUT2D eigenvalue weighted by Crippen LogP contribution is 2.41. The van der Waals surface area contributed by atoms with Crippen LogP contribution in [0.2, 0.25) is 24.2 Å². The van der Waals surface area contributed by atoms with Gasteiger partial charge in [-0.1, -0.05) is 33.9 Å². The Balaban J connectivity index is 2.49. The van der Waals surface area contributed by atoms with E-state index in [4.69, 9.17) is 4.74 Å². The highest BCUT2D eigenvalue weighted by molar-refractivity contribution is 6.80. The third kappa shape index (κ3) is 2.31. The molecule has 0 N–H and O–H groups in total. The van der Waals surface area contributed by atoms with Crippen molar-refractivity contribution >= 4 is 8.07 Å². The van der Waals surface area contributed by atoms with Crippen molar-refractivity contribution in [1.82, 2.24) is 0 Å². The molecule has 2 heteroatoms. The van der Waals surface area contributed by atoms with Gasteiger partial charge in [-0.15, -0.1) is 0 Å². The standard InChI is InChI=1S/C9H20OSi/c1-9(2,3)11(4,5)7-8-6-10-8/h8H,6-7H2,1-5H3. The summed E-state index contributed by atoms with van der Waals surface area (Å²) in [4.78, 5) is 0. The second-order valence-corrected chi connectivity index (χ2v) is 11.0. The Bertz CT molecular complexity index is 142. The minimum Gasteiger partial charge on any atom is -0.373 e. The molecular weight excluding hydrogens is 152 g/mol. The van der Waals surface area contributed by atoms with Crippen LogP contribution >= 0.6 is 0 Å². The molecule has 0 aromatic heterocycles. The van der Waals surface area contributed by atoms with E-state index >= 15 is 0 Å². The Kier molecular flexibility index (Phi) is 2.19. The summed E-state index contributed by atoms with van der Waals surface area (Å²) in [5.41, 5.74) is 0. The maximum absolute atomic E-state index is 5.27. The number of hydrogen-bond acceptors (Lipinski definition) is 1. The van der Waals surface area contributed by atoms with Gasteiger partial charge in [-0.3, -0.25) is 0 Å². The summed E-state index contributed by atoms with van der Waals surface area (Å²) in [6.45, 7) is 13.0. The van der Waals surface area contributed by atoms with Crippen LogP contribution in [0.1, 0.15) is 20.8 Å². The predicted molar refractivity (Wildman–Crippen MR) is 51.7 cm³/mol. The number of ether oxygens (including phenoxy) is 1. The van der Waals surface area contributed by atoms with Crippen LogP contribution in [-0.2, 0) is 4.74 Å². The summed E-state index contributed by atoms with van der Waals surface area (Å²) in [6.07, 6.45) is 0.621. The molecule has 1 aliphatic rings. The summed E-state index contributed by atoms with van der Waals surface area (Å²) in [5, 5.41) is 0.527.